The Hall–Kier alpha value is -2.43. The van der Waals surface area contributed by atoms with Gasteiger partial charge in [0.25, 0.3) is 5.91 Å². The van der Waals surface area contributed by atoms with E-state index < -0.39 is 27.4 Å². The summed E-state index contributed by atoms with van der Waals surface area (Å²) in [6, 6.07) is 7.51. The van der Waals surface area contributed by atoms with Crippen molar-refractivity contribution in [3.05, 3.63) is 53.6 Å². The van der Waals surface area contributed by atoms with E-state index in [4.69, 9.17) is 0 Å². The number of benzene rings is 2. The second kappa shape index (κ2) is 8.13. The average Bonchev–Trinajstić information content (AvgIpc) is 3.04. The van der Waals surface area contributed by atoms with Crippen molar-refractivity contribution in [1.82, 2.24) is 9.88 Å². The molecule has 3 rings (SSSR count). The van der Waals surface area contributed by atoms with E-state index in [1.54, 1.807) is 12.1 Å². The number of carbonyl (C=O) groups is 1. The number of nitrogens with zero attached hydrogens (tertiary/aromatic N) is 3. The first-order chi connectivity index (χ1) is 13.6. The lowest BCUT2D eigenvalue weighted by Crippen LogP contribution is -2.37. The van der Waals surface area contributed by atoms with E-state index in [9.17, 15) is 22.0 Å². The van der Waals surface area contributed by atoms with Crippen molar-refractivity contribution >= 4 is 42.4 Å². The molecule has 0 spiro atoms. The molecule has 0 atom stereocenters. The van der Waals surface area contributed by atoms with Crippen molar-refractivity contribution in [1.29, 1.82) is 0 Å². The minimum atomic E-state index is -3.52. The van der Waals surface area contributed by atoms with Gasteiger partial charge in [0.2, 0.25) is 0 Å². The normalized spacial score (nSPS) is 11.9. The Labute approximate surface area is 171 Å². The molecule has 0 radical (unpaired) electrons. The van der Waals surface area contributed by atoms with E-state index in [1.807, 2.05) is 19.0 Å². The second-order valence-electron chi connectivity index (χ2n) is 6.76. The molecule has 0 fully saturated rings. The average molecular weight is 440 g/mol. The van der Waals surface area contributed by atoms with Crippen molar-refractivity contribution in [2.75, 3.05) is 38.3 Å². The van der Waals surface area contributed by atoms with E-state index >= 15 is 0 Å². The fourth-order valence-electron chi connectivity index (χ4n) is 2.72. The van der Waals surface area contributed by atoms with E-state index in [0.29, 0.717) is 17.3 Å². The van der Waals surface area contributed by atoms with E-state index in [2.05, 4.69) is 4.98 Å². The summed E-state index contributed by atoms with van der Waals surface area (Å²) in [4.78, 5) is 20.6. The van der Waals surface area contributed by atoms with Gasteiger partial charge in [-0.1, -0.05) is 17.4 Å². The van der Waals surface area contributed by atoms with Gasteiger partial charge in [-0.2, -0.15) is 0 Å². The van der Waals surface area contributed by atoms with Crippen LogP contribution in [-0.4, -0.2) is 57.6 Å². The van der Waals surface area contributed by atoms with Crippen LogP contribution in [0.15, 0.2) is 41.3 Å². The topological polar surface area (TPSA) is 70.6 Å². The number of fused-ring (bicyclic) bond motifs is 1. The van der Waals surface area contributed by atoms with Crippen LogP contribution >= 0.6 is 11.3 Å². The van der Waals surface area contributed by atoms with E-state index in [1.165, 1.54) is 11.0 Å². The molecule has 0 saturated heterocycles. The van der Waals surface area contributed by atoms with Gasteiger partial charge < -0.3 is 4.90 Å². The number of hydrogen-bond acceptors (Lipinski definition) is 6. The number of rotatable bonds is 6. The number of para-hydroxylation sites is 1. The molecular weight excluding hydrogens is 420 g/mol. The smallest absolute Gasteiger partial charge is 0.263 e. The van der Waals surface area contributed by atoms with Crippen LogP contribution in [-0.2, 0) is 9.84 Å². The Morgan fingerprint density at radius 2 is 1.86 bits per heavy atom. The van der Waals surface area contributed by atoms with Crippen LogP contribution in [0.2, 0.25) is 0 Å². The largest absolute Gasteiger partial charge is 0.308 e. The summed E-state index contributed by atoms with van der Waals surface area (Å²) in [7, 11) is 0.121. The third-order valence-corrected chi connectivity index (χ3v) is 6.35. The summed E-state index contributed by atoms with van der Waals surface area (Å²) in [5.74, 6) is -2.43. The predicted molar refractivity (Wildman–Crippen MR) is 109 cm³/mol. The van der Waals surface area contributed by atoms with Crippen molar-refractivity contribution in [2.45, 2.75) is 4.90 Å². The molecule has 0 aliphatic rings. The van der Waals surface area contributed by atoms with Crippen LogP contribution in [0, 0.1) is 11.6 Å². The monoisotopic (exact) mass is 439 g/mol. The van der Waals surface area contributed by atoms with Gasteiger partial charge in [-0.3, -0.25) is 9.69 Å². The minimum Gasteiger partial charge on any atom is -0.308 e. The molecule has 154 valence electrons. The number of sulfone groups is 1. The molecule has 1 aromatic heterocycles. The number of halogens is 2. The van der Waals surface area contributed by atoms with Gasteiger partial charge in [-0.15, -0.1) is 0 Å². The fraction of sp³-hybridized carbons (Fsp3) is 0.263. The number of hydrogen-bond donors (Lipinski definition) is 0. The van der Waals surface area contributed by atoms with Gasteiger partial charge in [-0.25, -0.2) is 22.2 Å². The predicted octanol–water partition coefficient (Wildman–Crippen LogP) is 3.19. The highest BCUT2D eigenvalue weighted by molar-refractivity contribution is 7.91. The highest BCUT2D eigenvalue weighted by Crippen LogP contribution is 2.33. The Balaban J connectivity index is 2.11. The molecule has 1 amide bonds. The van der Waals surface area contributed by atoms with Gasteiger partial charge in [-0.05, 0) is 38.4 Å². The van der Waals surface area contributed by atoms with Gasteiger partial charge in [0.05, 0.1) is 15.2 Å². The number of amides is 1. The Morgan fingerprint density at radius 3 is 2.48 bits per heavy atom. The molecule has 0 N–H and O–H groups in total. The maximum absolute atomic E-state index is 14.2. The Bertz CT molecular complexity index is 1180. The summed E-state index contributed by atoms with van der Waals surface area (Å²) < 4.78 is 52.2. The van der Waals surface area contributed by atoms with Crippen molar-refractivity contribution in [3.63, 3.8) is 0 Å². The maximum Gasteiger partial charge on any atom is 0.263 e. The first kappa shape index (κ1) is 21.3. The molecule has 6 nitrogen and oxygen atoms in total. The summed E-state index contributed by atoms with van der Waals surface area (Å²) in [6.45, 7) is 0.653. The van der Waals surface area contributed by atoms with Gasteiger partial charge in [0.15, 0.2) is 15.0 Å². The highest BCUT2D eigenvalue weighted by atomic mass is 32.2. The van der Waals surface area contributed by atoms with Gasteiger partial charge in [0, 0.05) is 25.4 Å². The van der Waals surface area contributed by atoms with Crippen LogP contribution in [0.5, 0.6) is 0 Å². The number of likely N-dealkylation sites (N-methyl/N-ethyl adjacent to an activating group) is 1. The lowest BCUT2D eigenvalue weighted by atomic mass is 10.2. The molecule has 0 saturated carbocycles. The molecule has 0 bridgehead atoms. The molecule has 2 aromatic carbocycles. The fourth-order valence-corrected chi connectivity index (χ4v) is 4.63. The zero-order chi connectivity index (χ0) is 21.3. The number of anilines is 1. The lowest BCUT2D eigenvalue weighted by Gasteiger charge is -2.22. The van der Waals surface area contributed by atoms with Crippen LogP contribution in [0.1, 0.15) is 10.4 Å². The first-order valence-corrected chi connectivity index (χ1v) is 11.3. The summed E-state index contributed by atoms with van der Waals surface area (Å²) >= 11 is 1.13. The molecule has 0 unspecified atom stereocenters. The molecule has 3 aromatic rings. The number of thiazole rings is 1. The quantitative estimate of drug-likeness (QED) is 0.590. The standard InChI is InChI=1S/C19H19F2N3O3S2/c1-23(2)9-10-24(18(25)13-8-7-12(20)11-14(13)21)19-22-17-15(28-19)5-4-6-16(17)29(3,26)27/h4-8,11H,9-10H2,1-3H3. The van der Waals surface area contributed by atoms with Crippen LogP contribution in [0.4, 0.5) is 13.9 Å². The second-order valence-corrected chi connectivity index (χ2v) is 9.75. The minimum absolute atomic E-state index is 0.0606. The maximum atomic E-state index is 14.2. The third-order valence-electron chi connectivity index (χ3n) is 4.18. The van der Waals surface area contributed by atoms with E-state index in [0.717, 1.165) is 29.7 Å². The molecule has 10 heteroatoms. The van der Waals surface area contributed by atoms with Crippen molar-refractivity contribution in [3.8, 4) is 0 Å². The van der Waals surface area contributed by atoms with Crippen LogP contribution in [0.25, 0.3) is 10.2 Å². The van der Waals surface area contributed by atoms with Crippen molar-refractivity contribution < 1.29 is 22.0 Å². The summed E-state index contributed by atoms with van der Waals surface area (Å²) in [6.07, 6.45) is 1.09. The Kier molecular flexibility index (Phi) is 5.97. The highest BCUT2D eigenvalue weighted by Gasteiger charge is 2.25. The van der Waals surface area contributed by atoms with Gasteiger partial charge >= 0.3 is 0 Å². The summed E-state index contributed by atoms with van der Waals surface area (Å²) in [5.41, 5.74) is -0.0232. The molecular formula is C19H19F2N3O3S2. The molecule has 0 aliphatic heterocycles. The SMILES string of the molecule is CN(C)CCN(C(=O)c1ccc(F)cc1F)c1nc2c(S(C)(=O)=O)cccc2s1. The third kappa shape index (κ3) is 4.60. The number of carbonyl (C=O) groups excluding carboxylic acids is 1. The Morgan fingerprint density at radius 1 is 1.14 bits per heavy atom. The first-order valence-electron chi connectivity index (χ1n) is 8.59. The summed E-state index contributed by atoms with van der Waals surface area (Å²) in [5, 5.41) is 0.242. The molecule has 0 aliphatic carbocycles. The molecule has 29 heavy (non-hydrogen) atoms. The zero-order valence-electron chi connectivity index (χ0n) is 16.0. The zero-order valence-corrected chi connectivity index (χ0v) is 17.7. The van der Waals surface area contributed by atoms with Crippen molar-refractivity contribution in [2.24, 2.45) is 0 Å². The van der Waals surface area contributed by atoms with E-state index in [-0.39, 0.29) is 27.7 Å². The van der Waals surface area contributed by atoms with Crippen LogP contribution in [0.3, 0.4) is 0 Å². The lowest BCUT2D eigenvalue weighted by molar-refractivity contribution is 0.0981. The number of aromatic nitrogens is 1. The molecule has 1 heterocycles. The van der Waals surface area contributed by atoms with Gasteiger partial charge in [0.1, 0.15) is 17.2 Å². The van der Waals surface area contributed by atoms with Crippen LogP contribution < -0.4 is 4.90 Å².